The van der Waals surface area contributed by atoms with Crippen LogP contribution < -0.4 is 79.0 Å². The van der Waals surface area contributed by atoms with Crippen LogP contribution in [-0.4, -0.2) is 228 Å². The topological polar surface area (TPSA) is 591 Å². The summed E-state index contributed by atoms with van der Waals surface area (Å²) in [6, 6.07) is 4.94. The molecule has 0 saturated carbocycles. The number of ether oxygens (including phenoxy) is 7. The highest BCUT2D eigenvalue weighted by atomic mass is 35.5. The molecule has 7 aliphatic heterocycles. The number of carbonyl (C=O) groups is 9. The maximum atomic E-state index is 16.3. The number of benzene rings is 6. The summed E-state index contributed by atoms with van der Waals surface area (Å²) in [6.45, 7) is 5.19. The molecule has 11 bridgehead atoms. The summed E-state index contributed by atoms with van der Waals surface area (Å²) in [5.74, 6) is -16.4. The number of halogens is 4. The average molecular weight is 1830 g/mol. The number of methoxy groups -OCH3 is 1. The van der Waals surface area contributed by atoms with Crippen molar-refractivity contribution in [1.29, 1.82) is 0 Å². The first-order valence-electron chi connectivity index (χ1n) is 39.3. The van der Waals surface area contributed by atoms with Gasteiger partial charge in [0.15, 0.2) is 23.9 Å². The number of hydrogen-bond acceptors (Lipinski definition) is 30. The van der Waals surface area contributed by atoms with Gasteiger partial charge in [0, 0.05) is 71.2 Å². The van der Waals surface area contributed by atoms with Gasteiger partial charge in [0.2, 0.25) is 53.4 Å². The summed E-state index contributed by atoms with van der Waals surface area (Å²) in [7, 11) is 2.80. The third-order valence-electron chi connectivity index (χ3n) is 21.4. The van der Waals surface area contributed by atoms with Crippen molar-refractivity contribution in [3.05, 3.63) is 173 Å². The van der Waals surface area contributed by atoms with E-state index in [-0.39, 0.29) is 88.9 Å². The Morgan fingerprint density at radius 1 is 0.706 bits per heavy atom. The molecule has 9 amide bonds. The molecule has 21 N–H and O–H groups in total. The van der Waals surface area contributed by atoms with Gasteiger partial charge in [0.1, 0.15) is 101 Å². The highest BCUT2D eigenvalue weighted by molar-refractivity contribution is 6.35. The minimum absolute atomic E-state index is 0.0524. The van der Waals surface area contributed by atoms with E-state index < -0.39 is 254 Å². The quantitative estimate of drug-likeness (QED) is 0.0322. The van der Waals surface area contributed by atoms with Crippen LogP contribution in [0.4, 0.5) is 5.82 Å². The van der Waals surface area contributed by atoms with E-state index in [1.165, 1.54) is 68.2 Å². The molecule has 18 atom stereocenters. The van der Waals surface area contributed by atoms with Gasteiger partial charge in [0.25, 0.3) is 11.8 Å². The number of nitrogens with zero attached hydrogens (tertiary/aromatic N) is 2. The van der Waals surface area contributed by atoms with E-state index in [0.717, 1.165) is 66.7 Å². The fourth-order valence-electron chi connectivity index (χ4n) is 15.0. The van der Waals surface area contributed by atoms with Gasteiger partial charge in [-0.1, -0.05) is 78.5 Å². The van der Waals surface area contributed by atoms with Crippen molar-refractivity contribution in [2.24, 2.45) is 11.7 Å². The number of aliphatic hydroxyl groups excluding tert-OH is 6. The number of anilines is 1. The number of nitrogens with two attached hydrogens (primary N) is 1. The summed E-state index contributed by atoms with van der Waals surface area (Å²) in [5, 5.41) is 130. The first-order valence-corrected chi connectivity index (χ1v) is 40.8. The van der Waals surface area contributed by atoms with Crippen molar-refractivity contribution in [1.82, 2.24) is 57.6 Å². The average Bonchev–Trinajstić information content (AvgIpc) is 0.751. The van der Waals surface area contributed by atoms with Gasteiger partial charge in [-0.25, -0.2) is 10.3 Å². The minimum Gasteiger partial charge on any atom is -0.508 e. The van der Waals surface area contributed by atoms with Gasteiger partial charge in [-0.3, -0.25) is 52.6 Å². The number of carbonyl (C=O) groups excluding carboxylic acids is 9. The van der Waals surface area contributed by atoms with E-state index in [4.69, 9.17) is 90.1 Å². The smallest absolute Gasteiger partial charge is 0.349 e. The van der Waals surface area contributed by atoms with E-state index >= 15 is 24.0 Å². The molecule has 6 aromatic carbocycles. The molecule has 7 aromatic rings. The van der Waals surface area contributed by atoms with Gasteiger partial charge >= 0.3 is 5.69 Å². The van der Waals surface area contributed by atoms with Crippen LogP contribution in [0.2, 0.25) is 20.1 Å². The van der Waals surface area contributed by atoms with Gasteiger partial charge in [-0.2, -0.15) is 4.98 Å². The molecule has 2 fully saturated rings. The Labute approximate surface area is 736 Å². The zero-order valence-corrected chi connectivity index (χ0v) is 70.8. The number of likely N-dealkylation sites (N-methyl/N-ethyl adjacent to an activating group) is 1. The lowest BCUT2D eigenvalue weighted by Gasteiger charge is -2.48. The molecule has 0 radical (unpaired) electrons. The highest BCUT2D eigenvalue weighted by Gasteiger charge is 2.52. The number of hydrogen-bond donors (Lipinski definition) is 20. The summed E-state index contributed by atoms with van der Waals surface area (Å²) in [5.41, 5.74) is 3.10. The molecule has 7 aliphatic rings. The lowest BCUT2D eigenvalue weighted by atomic mass is 9.85. The molecule has 0 aliphatic carbocycles. The molecular formula is C82H91Cl4N13O27. The van der Waals surface area contributed by atoms with E-state index in [1.807, 2.05) is 13.8 Å². The van der Waals surface area contributed by atoms with Gasteiger partial charge in [0.05, 0.1) is 54.5 Å². The van der Waals surface area contributed by atoms with Crippen LogP contribution >= 0.6 is 46.4 Å². The number of aromatic nitrogens is 2. The van der Waals surface area contributed by atoms with Crippen LogP contribution in [0.1, 0.15) is 115 Å². The number of rotatable bonds is 23. The standard InChI is InChI=1S/C82H91Cl4N13O27/c1-33(2)19-47(88-5)73(111)96-63-65(105)36-8-11-51(45(85)23-36)122-53-25-38-26-54(69(53)126-80-70(68(108)67(107)55(32-100)124-80)125-58-31-82(4,71(109)34(3)121-58)89-14-16-99-15-13-57(92-81(99)118)91-72(110)39-20-40(83)27-41(84)21-39)123-52-12-9-37(24-46(52)86)66(106)64-78(116)95-62(79(117)98-120-18-17-119-6)44-28-42(101)29-50(103)59(44)43-22-35(7-10-49(43)102)60(75(113)97-64)94-76(114)61(38)93-74(112)48(30-56(87)104)90-77(63)115/h7-13,15,20-29,33-34,47-48,55,58,60-68,70-71,80,88-89,100-103,105-109H,14,16-19,30-32H2,1-6H3,(H2,87,104)(H,90,115)(H,93,112)(H,94,114)(H,95,116)(H,96,111)(H,97,113)(H,98,117)(H,91,92,110,118)/t34-,47+,48?,55+,58-,60+,61?,62+,63+,64-,65+,66+,67+,68-,70+,71+,80-,82-/m0/s1. The van der Waals surface area contributed by atoms with E-state index in [0.29, 0.717) is 0 Å². The molecule has 1 aromatic heterocycles. The molecule has 40 nitrogen and oxygen atoms in total. The van der Waals surface area contributed by atoms with Crippen LogP contribution in [0.5, 0.6) is 46.0 Å². The van der Waals surface area contributed by atoms with Gasteiger partial charge in [-0.05, 0) is 140 Å². The molecule has 44 heteroatoms. The molecular weight excluding hydrogens is 1740 g/mol. The Hall–Kier alpha value is -11.1. The molecule has 2 saturated heterocycles. The number of nitrogens with one attached hydrogen (secondary N) is 10. The van der Waals surface area contributed by atoms with Crippen molar-refractivity contribution < 1.29 is 127 Å². The summed E-state index contributed by atoms with van der Waals surface area (Å²) in [4.78, 5) is 156. The van der Waals surface area contributed by atoms with E-state index in [2.05, 4.69) is 58.3 Å². The number of phenolic OH excluding ortho intramolecular Hbond substituents is 3. The maximum absolute atomic E-state index is 16.3. The van der Waals surface area contributed by atoms with Crippen molar-refractivity contribution in [2.75, 3.05) is 45.8 Å². The summed E-state index contributed by atoms with van der Waals surface area (Å²) < 4.78 is 45.6. The van der Waals surface area contributed by atoms with Crippen LogP contribution in [0, 0.1) is 5.92 Å². The van der Waals surface area contributed by atoms with Crippen molar-refractivity contribution in [2.45, 2.75) is 163 Å². The third-order valence-corrected chi connectivity index (χ3v) is 22.5. The molecule has 674 valence electrons. The largest absolute Gasteiger partial charge is 0.508 e. The predicted molar refractivity (Wildman–Crippen MR) is 444 cm³/mol. The second kappa shape index (κ2) is 40.2. The second-order valence-electron chi connectivity index (χ2n) is 30.9. The molecule has 2 unspecified atom stereocenters. The monoisotopic (exact) mass is 1830 g/mol. The van der Waals surface area contributed by atoms with Crippen LogP contribution in [0.25, 0.3) is 11.1 Å². The van der Waals surface area contributed by atoms with Gasteiger partial charge < -0.3 is 133 Å². The SMILES string of the molecule is CN[C@H](CC(C)C)C(=O)N[C@H]1C(=O)NC(CC(N)=O)C(=O)NC2C(=O)N[C@H]3C(=O)N[C@H](C(=O)N[C@@H](C(=O)NOCCOC)c4cc(O)cc(O)c4-c4cc3ccc4O)[C@H](O)c3ccc(c(Cl)c3)Oc3cc2cc(c3O[C@@H]2O[C@H](CO)[C@@H](O)[C@H](O)[C@H]2O[C@H]2C[C@](C)(NCCn3ccc(NC(=O)c4cc(Cl)cc(Cl)c4)nc3=O)[C@H](O)[C@H](C)O2)Oc2ccc(cc2Cl)[C@H]1O. The van der Waals surface area contributed by atoms with E-state index in [9.17, 15) is 69.9 Å². The molecule has 0 spiro atoms. The number of amides is 9. The minimum atomic E-state index is -2.40. The number of fused-ring (bicyclic) bond motifs is 15. The normalized spacial score (nSPS) is 25.8. The Kier molecular flexibility index (Phi) is 30.0. The Balaban J connectivity index is 1.01. The lowest BCUT2D eigenvalue weighted by Crippen LogP contribution is -2.65. The molecule has 126 heavy (non-hydrogen) atoms. The number of primary amides is 1. The highest BCUT2D eigenvalue weighted by Crippen LogP contribution is 2.50. The number of aromatic hydroxyl groups is 3. The third kappa shape index (κ3) is 21.4. The fourth-order valence-corrected chi connectivity index (χ4v) is 15.9. The second-order valence-corrected chi connectivity index (χ2v) is 32.6. The van der Waals surface area contributed by atoms with Crippen LogP contribution in [0.15, 0.2) is 114 Å². The number of hydroxylamine groups is 1. The zero-order valence-electron chi connectivity index (χ0n) is 67.8. The van der Waals surface area contributed by atoms with Crippen molar-refractivity contribution in [3.8, 4) is 57.1 Å². The van der Waals surface area contributed by atoms with Crippen molar-refractivity contribution in [3.63, 3.8) is 0 Å². The Morgan fingerprint density at radius 2 is 1.35 bits per heavy atom. The summed E-state index contributed by atoms with van der Waals surface area (Å²) in [6.07, 6.45) is -18.3. The molecule has 14 rings (SSSR count). The molecule has 8 heterocycles. The first kappa shape index (κ1) is 94.0. The first-order chi connectivity index (χ1) is 59.8. The van der Waals surface area contributed by atoms with Crippen LogP contribution in [0.3, 0.4) is 0 Å². The number of aliphatic hydroxyl groups is 6. The predicted octanol–water partition coefficient (Wildman–Crippen LogP) is 2.16. The van der Waals surface area contributed by atoms with E-state index in [1.54, 1.807) is 6.92 Å². The zero-order chi connectivity index (χ0) is 91.2. The Bertz CT molecular complexity index is 5370. The lowest BCUT2D eigenvalue weighted by molar-refractivity contribution is -0.334. The van der Waals surface area contributed by atoms with Crippen molar-refractivity contribution >= 4 is 105 Å². The number of phenols is 3. The maximum Gasteiger partial charge on any atom is 0.349 e. The van der Waals surface area contributed by atoms with Gasteiger partial charge in [-0.15, -0.1) is 0 Å². The Morgan fingerprint density at radius 3 is 1.98 bits per heavy atom. The summed E-state index contributed by atoms with van der Waals surface area (Å²) >= 11 is 26.6. The fraction of sp³-hybridized carbons (Fsp3) is 0.402. The van der Waals surface area contributed by atoms with Crippen LogP contribution in [-0.2, 0) is 68.7 Å².